The van der Waals surface area contributed by atoms with Crippen molar-refractivity contribution in [1.29, 1.82) is 0 Å². The van der Waals surface area contributed by atoms with Crippen LogP contribution in [0.3, 0.4) is 0 Å². The minimum absolute atomic E-state index is 0.231. The standard InChI is InChI=1S/C13H14N4/c14-6-11(10-3-4-15-7-10)9-1-2-12-13(5-9)17-8-16-12/h1-5,7-8,11,15H,6,14H2,(H,16,17). The number of nitrogens with one attached hydrogen (secondary N) is 2. The second kappa shape index (κ2) is 4.07. The molecule has 1 atom stereocenters. The Hall–Kier alpha value is -2.07. The lowest BCUT2D eigenvalue weighted by molar-refractivity contribution is 0.821. The summed E-state index contributed by atoms with van der Waals surface area (Å²) in [6, 6.07) is 8.30. The SMILES string of the molecule is NCC(c1cc[nH]c1)c1ccc2nc[nH]c2c1. The van der Waals surface area contributed by atoms with Gasteiger partial charge in [-0.05, 0) is 29.3 Å². The zero-order valence-electron chi connectivity index (χ0n) is 9.35. The number of H-pyrrole nitrogens is 2. The van der Waals surface area contributed by atoms with Gasteiger partial charge in [-0.2, -0.15) is 0 Å². The van der Waals surface area contributed by atoms with Crippen molar-refractivity contribution in [3.8, 4) is 0 Å². The maximum atomic E-state index is 5.88. The second-order valence-corrected chi connectivity index (χ2v) is 4.11. The van der Waals surface area contributed by atoms with E-state index >= 15 is 0 Å². The lowest BCUT2D eigenvalue weighted by Crippen LogP contribution is -2.13. The van der Waals surface area contributed by atoms with Gasteiger partial charge >= 0.3 is 0 Å². The van der Waals surface area contributed by atoms with Crippen LogP contribution in [0.4, 0.5) is 0 Å². The highest BCUT2D eigenvalue weighted by Crippen LogP contribution is 2.25. The van der Waals surface area contributed by atoms with Gasteiger partial charge < -0.3 is 15.7 Å². The molecule has 86 valence electrons. The average Bonchev–Trinajstić information content (AvgIpc) is 2.99. The monoisotopic (exact) mass is 226 g/mol. The summed E-state index contributed by atoms with van der Waals surface area (Å²) in [6.07, 6.45) is 5.63. The van der Waals surface area contributed by atoms with Gasteiger partial charge in [-0.25, -0.2) is 4.98 Å². The molecule has 0 amide bonds. The van der Waals surface area contributed by atoms with Crippen LogP contribution in [0.5, 0.6) is 0 Å². The van der Waals surface area contributed by atoms with Crippen LogP contribution in [-0.4, -0.2) is 21.5 Å². The molecule has 0 saturated heterocycles. The first-order valence-corrected chi connectivity index (χ1v) is 5.64. The molecule has 3 rings (SSSR count). The fourth-order valence-corrected chi connectivity index (χ4v) is 2.19. The van der Waals surface area contributed by atoms with Crippen molar-refractivity contribution in [2.24, 2.45) is 5.73 Å². The molecule has 0 aliphatic rings. The van der Waals surface area contributed by atoms with Crippen LogP contribution >= 0.6 is 0 Å². The first-order chi connectivity index (χ1) is 8.38. The molecular weight excluding hydrogens is 212 g/mol. The van der Waals surface area contributed by atoms with Crippen LogP contribution in [0.25, 0.3) is 11.0 Å². The Kier molecular flexibility index (Phi) is 2.42. The lowest BCUT2D eigenvalue weighted by atomic mass is 9.93. The first kappa shape index (κ1) is 10.1. The Bertz CT molecular complexity index is 609. The second-order valence-electron chi connectivity index (χ2n) is 4.11. The van der Waals surface area contributed by atoms with E-state index in [1.165, 1.54) is 11.1 Å². The zero-order chi connectivity index (χ0) is 11.7. The van der Waals surface area contributed by atoms with Gasteiger partial charge in [0.05, 0.1) is 17.4 Å². The number of benzene rings is 1. The van der Waals surface area contributed by atoms with Crippen LogP contribution in [0.1, 0.15) is 17.0 Å². The van der Waals surface area contributed by atoms with Crippen molar-refractivity contribution < 1.29 is 0 Å². The van der Waals surface area contributed by atoms with Gasteiger partial charge in [0.2, 0.25) is 0 Å². The van der Waals surface area contributed by atoms with Crippen molar-refractivity contribution in [2.75, 3.05) is 6.54 Å². The molecule has 0 radical (unpaired) electrons. The molecule has 1 unspecified atom stereocenters. The minimum Gasteiger partial charge on any atom is -0.367 e. The number of aromatic nitrogens is 3. The van der Waals surface area contributed by atoms with Gasteiger partial charge in [0.1, 0.15) is 0 Å². The third-order valence-corrected chi connectivity index (χ3v) is 3.11. The van der Waals surface area contributed by atoms with E-state index in [2.05, 4.69) is 33.2 Å². The fraction of sp³-hybridized carbons (Fsp3) is 0.154. The van der Waals surface area contributed by atoms with E-state index in [1.54, 1.807) is 6.33 Å². The Morgan fingerprint density at radius 2 is 2.18 bits per heavy atom. The van der Waals surface area contributed by atoms with Crippen molar-refractivity contribution in [2.45, 2.75) is 5.92 Å². The van der Waals surface area contributed by atoms with Crippen LogP contribution in [0.15, 0.2) is 43.0 Å². The van der Waals surface area contributed by atoms with Gasteiger partial charge in [0.25, 0.3) is 0 Å². The van der Waals surface area contributed by atoms with E-state index in [1.807, 2.05) is 18.5 Å². The summed E-state index contributed by atoms with van der Waals surface area (Å²) in [5, 5.41) is 0. The number of nitrogens with zero attached hydrogens (tertiary/aromatic N) is 1. The molecule has 17 heavy (non-hydrogen) atoms. The van der Waals surface area contributed by atoms with Gasteiger partial charge in [0.15, 0.2) is 0 Å². The number of hydrogen-bond donors (Lipinski definition) is 3. The number of rotatable bonds is 3. The molecule has 4 nitrogen and oxygen atoms in total. The van der Waals surface area contributed by atoms with Gasteiger partial charge in [-0.15, -0.1) is 0 Å². The Labute approximate surface area is 98.9 Å². The van der Waals surface area contributed by atoms with Crippen molar-refractivity contribution in [1.82, 2.24) is 15.0 Å². The molecule has 1 aromatic carbocycles. The largest absolute Gasteiger partial charge is 0.367 e. The number of fused-ring (bicyclic) bond motifs is 1. The molecule has 0 saturated carbocycles. The topological polar surface area (TPSA) is 70.5 Å². The van der Waals surface area contributed by atoms with Gasteiger partial charge in [-0.3, -0.25) is 0 Å². The summed E-state index contributed by atoms with van der Waals surface area (Å²) in [6.45, 7) is 0.595. The quantitative estimate of drug-likeness (QED) is 0.639. The summed E-state index contributed by atoms with van der Waals surface area (Å²) < 4.78 is 0. The average molecular weight is 226 g/mol. The van der Waals surface area contributed by atoms with E-state index in [-0.39, 0.29) is 5.92 Å². The lowest BCUT2D eigenvalue weighted by Gasteiger charge is -2.13. The molecule has 0 bridgehead atoms. The van der Waals surface area contributed by atoms with E-state index in [0.717, 1.165) is 11.0 Å². The first-order valence-electron chi connectivity index (χ1n) is 5.64. The van der Waals surface area contributed by atoms with Crippen LogP contribution in [-0.2, 0) is 0 Å². The predicted molar refractivity (Wildman–Crippen MR) is 67.8 cm³/mol. The number of aromatic amines is 2. The van der Waals surface area contributed by atoms with Gasteiger partial charge in [0, 0.05) is 24.9 Å². The van der Waals surface area contributed by atoms with Crippen LogP contribution in [0.2, 0.25) is 0 Å². The zero-order valence-corrected chi connectivity index (χ0v) is 9.35. The molecule has 2 heterocycles. The molecular formula is C13H14N4. The van der Waals surface area contributed by atoms with E-state index in [4.69, 9.17) is 5.73 Å². The normalized spacial score (nSPS) is 13.0. The Morgan fingerprint density at radius 1 is 1.24 bits per heavy atom. The third kappa shape index (κ3) is 1.72. The molecule has 4 heteroatoms. The number of hydrogen-bond acceptors (Lipinski definition) is 2. The number of imidazole rings is 1. The molecule has 0 aliphatic carbocycles. The third-order valence-electron chi connectivity index (χ3n) is 3.11. The summed E-state index contributed by atoms with van der Waals surface area (Å²) in [4.78, 5) is 10.4. The smallest absolute Gasteiger partial charge is 0.0931 e. The maximum Gasteiger partial charge on any atom is 0.0931 e. The maximum absolute atomic E-state index is 5.88. The highest BCUT2D eigenvalue weighted by atomic mass is 14.9. The van der Waals surface area contributed by atoms with Crippen LogP contribution < -0.4 is 5.73 Å². The summed E-state index contributed by atoms with van der Waals surface area (Å²) in [5.74, 6) is 0.231. The molecule has 0 fully saturated rings. The van der Waals surface area contributed by atoms with E-state index in [0.29, 0.717) is 6.54 Å². The molecule has 2 aromatic heterocycles. The van der Waals surface area contributed by atoms with Crippen LogP contribution in [0, 0.1) is 0 Å². The molecule has 3 aromatic rings. The van der Waals surface area contributed by atoms with E-state index < -0.39 is 0 Å². The minimum atomic E-state index is 0.231. The Balaban J connectivity index is 2.06. The van der Waals surface area contributed by atoms with Crippen molar-refractivity contribution in [3.05, 3.63) is 54.1 Å². The van der Waals surface area contributed by atoms with Gasteiger partial charge in [-0.1, -0.05) is 6.07 Å². The summed E-state index contributed by atoms with van der Waals surface area (Å²) in [7, 11) is 0. The van der Waals surface area contributed by atoms with Crippen molar-refractivity contribution in [3.63, 3.8) is 0 Å². The highest BCUT2D eigenvalue weighted by molar-refractivity contribution is 5.75. The van der Waals surface area contributed by atoms with Crippen molar-refractivity contribution >= 4 is 11.0 Å². The summed E-state index contributed by atoms with van der Waals surface area (Å²) in [5.41, 5.74) is 10.3. The molecule has 0 aliphatic heterocycles. The predicted octanol–water partition coefficient (Wildman–Crippen LogP) is 1.98. The molecule has 4 N–H and O–H groups in total. The Morgan fingerprint density at radius 3 is 2.94 bits per heavy atom. The van der Waals surface area contributed by atoms with E-state index in [9.17, 15) is 0 Å². The highest BCUT2D eigenvalue weighted by Gasteiger charge is 2.13. The number of nitrogens with two attached hydrogens (primary N) is 1. The summed E-state index contributed by atoms with van der Waals surface area (Å²) >= 11 is 0. The molecule has 0 spiro atoms. The fourth-order valence-electron chi connectivity index (χ4n) is 2.19.